The Bertz CT molecular complexity index is 528. The summed E-state index contributed by atoms with van der Waals surface area (Å²) in [4.78, 5) is 2.38. The molecule has 0 atom stereocenters. The average molecular weight is 284 g/mol. The van der Waals surface area contributed by atoms with Crippen molar-refractivity contribution in [2.75, 3.05) is 19.7 Å². The van der Waals surface area contributed by atoms with Crippen LogP contribution in [0.25, 0.3) is 0 Å². The monoisotopic (exact) mass is 284 g/mol. The molecule has 0 aromatic heterocycles. The highest BCUT2D eigenvalue weighted by molar-refractivity contribution is 5.28. The highest BCUT2D eigenvalue weighted by atomic mass is 16.5. The lowest BCUT2D eigenvalue weighted by Crippen LogP contribution is -2.27. The smallest absolute Gasteiger partial charge is 0.119 e. The predicted molar refractivity (Wildman–Crippen MR) is 87.2 cm³/mol. The van der Waals surface area contributed by atoms with Crippen molar-refractivity contribution < 1.29 is 4.74 Å². The number of hydrogen-bond donors (Lipinski definition) is 1. The summed E-state index contributed by atoms with van der Waals surface area (Å²) in [6.07, 6.45) is 0. The third kappa shape index (κ3) is 5.21. The normalized spacial score (nSPS) is 10.8. The van der Waals surface area contributed by atoms with Gasteiger partial charge in [0.05, 0.1) is 0 Å². The maximum absolute atomic E-state index is 5.82. The SMILES string of the molecule is CCN(CCOc1cccc(CN)c1)Cc1ccccc1. The summed E-state index contributed by atoms with van der Waals surface area (Å²) in [6.45, 7) is 6.31. The van der Waals surface area contributed by atoms with Gasteiger partial charge in [0.1, 0.15) is 12.4 Å². The van der Waals surface area contributed by atoms with Crippen molar-refractivity contribution in [3.8, 4) is 5.75 Å². The molecule has 0 bridgehead atoms. The maximum Gasteiger partial charge on any atom is 0.119 e. The molecule has 0 unspecified atom stereocenters. The molecule has 0 heterocycles. The molecule has 0 saturated heterocycles. The molecule has 21 heavy (non-hydrogen) atoms. The minimum atomic E-state index is 0.548. The van der Waals surface area contributed by atoms with Crippen LogP contribution in [0.4, 0.5) is 0 Å². The first-order chi connectivity index (χ1) is 10.3. The third-order valence-corrected chi connectivity index (χ3v) is 3.51. The summed E-state index contributed by atoms with van der Waals surface area (Å²) in [5.41, 5.74) is 8.08. The number of rotatable bonds is 8. The van der Waals surface area contributed by atoms with Crippen molar-refractivity contribution in [1.29, 1.82) is 0 Å². The number of likely N-dealkylation sites (N-methyl/N-ethyl adjacent to an activating group) is 1. The van der Waals surface area contributed by atoms with Crippen molar-refractivity contribution in [3.05, 3.63) is 65.7 Å². The third-order valence-electron chi connectivity index (χ3n) is 3.51. The topological polar surface area (TPSA) is 38.5 Å². The molecule has 0 aliphatic heterocycles. The first-order valence-corrected chi connectivity index (χ1v) is 7.50. The standard InChI is InChI=1S/C18H24N2O/c1-2-20(15-16-7-4-3-5-8-16)11-12-21-18-10-6-9-17(13-18)14-19/h3-10,13H,2,11-12,14-15,19H2,1H3. The summed E-state index contributed by atoms with van der Waals surface area (Å²) in [5, 5.41) is 0. The Kier molecular flexibility index (Phi) is 6.25. The van der Waals surface area contributed by atoms with Crippen molar-refractivity contribution in [2.24, 2.45) is 5.73 Å². The van der Waals surface area contributed by atoms with E-state index in [1.807, 2.05) is 30.3 Å². The maximum atomic E-state index is 5.82. The Morgan fingerprint density at radius 3 is 2.48 bits per heavy atom. The minimum absolute atomic E-state index is 0.548. The fraction of sp³-hybridized carbons (Fsp3) is 0.333. The van der Waals surface area contributed by atoms with E-state index in [4.69, 9.17) is 10.5 Å². The Balaban J connectivity index is 1.80. The van der Waals surface area contributed by atoms with Gasteiger partial charge in [-0.1, -0.05) is 49.4 Å². The molecule has 3 nitrogen and oxygen atoms in total. The van der Waals surface area contributed by atoms with E-state index in [9.17, 15) is 0 Å². The van der Waals surface area contributed by atoms with E-state index in [-0.39, 0.29) is 0 Å². The molecule has 3 heteroatoms. The number of hydrogen-bond acceptors (Lipinski definition) is 3. The Morgan fingerprint density at radius 1 is 1.00 bits per heavy atom. The van der Waals surface area contributed by atoms with Crippen LogP contribution < -0.4 is 10.5 Å². The lowest BCUT2D eigenvalue weighted by Gasteiger charge is -2.20. The largest absolute Gasteiger partial charge is 0.492 e. The van der Waals surface area contributed by atoms with Gasteiger partial charge in [-0.15, -0.1) is 0 Å². The molecular formula is C18H24N2O. The van der Waals surface area contributed by atoms with Crippen LogP contribution >= 0.6 is 0 Å². The molecule has 0 radical (unpaired) electrons. The van der Waals surface area contributed by atoms with E-state index in [0.717, 1.165) is 30.9 Å². The molecule has 0 fully saturated rings. The van der Waals surface area contributed by atoms with Crippen LogP contribution in [0.5, 0.6) is 5.75 Å². The van der Waals surface area contributed by atoms with E-state index < -0.39 is 0 Å². The van der Waals surface area contributed by atoms with Gasteiger partial charge in [0.2, 0.25) is 0 Å². The van der Waals surface area contributed by atoms with Gasteiger partial charge >= 0.3 is 0 Å². The van der Waals surface area contributed by atoms with Crippen molar-refractivity contribution >= 4 is 0 Å². The van der Waals surface area contributed by atoms with Gasteiger partial charge in [-0.05, 0) is 29.8 Å². The Labute approximate surface area is 127 Å². The van der Waals surface area contributed by atoms with E-state index in [2.05, 4.69) is 36.1 Å². The molecule has 2 aromatic carbocycles. The van der Waals surface area contributed by atoms with Gasteiger partial charge in [0.15, 0.2) is 0 Å². The molecule has 0 amide bonds. The molecule has 2 N–H and O–H groups in total. The first-order valence-electron chi connectivity index (χ1n) is 7.50. The zero-order chi connectivity index (χ0) is 14.9. The Morgan fingerprint density at radius 2 is 1.76 bits per heavy atom. The quantitative estimate of drug-likeness (QED) is 0.809. The second kappa shape index (κ2) is 8.45. The summed E-state index contributed by atoms with van der Waals surface area (Å²) >= 11 is 0. The van der Waals surface area contributed by atoms with Crippen LogP contribution in [0, 0.1) is 0 Å². The fourth-order valence-electron chi connectivity index (χ4n) is 2.25. The van der Waals surface area contributed by atoms with Crippen molar-refractivity contribution in [1.82, 2.24) is 4.90 Å². The van der Waals surface area contributed by atoms with Gasteiger partial charge in [-0.3, -0.25) is 4.90 Å². The average Bonchev–Trinajstić information content (AvgIpc) is 2.55. The molecule has 0 saturated carbocycles. The molecule has 0 aliphatic rings. The van der Waals surface area contributed by atoms with Crippen LogP contribution in [-0.2, 0) is 13.1 Å². The summed E-state index contributed by atoms with van der Waals surface area (Å²) < 4.78 is 5.82. The molecule has 2 rings (SSSR count). The summed E-state index contributed by atoms with van der Waals surface area (Å²) in [5.74, 6) is 0.897. The van der Waals surface area contributed by atoms with Gasteiger partial charge in [-0.25, -0.2) is 0 Å². The molecule has 112 valence electrons. The van der Waals surface area contributed by atoms with Gasteiger partial charge < -0.3 is 10.5 Å². The van der Waals surface area contributed by atoms with Crippen LogP contribution in [0.2, 0.25) is 0 Å². The zero-order valence-electron chi connectivity index (χ0n) is 12.7. The number of nitrogens with two attached hydrogens (primary N) is 1. The molecule has 0 aliphatic carbocycles. The van der Waals surface area contributed by atoms with Gasteiger partial charge in [0.25, 0.3) is 0 Å². The number of ether oxygens (including phenoxy) is 1. The van der Waals surface area contributed by atoms with Crippen LogP contribution in [-0.4, -0.2) is 24.6 Å². The van der Waals surface area contributed by atoms with Gasteiger partial charge in [-0.2, -0.15) is 0 Å². The number of benzene rings is 2. The Hall–Kier alpha value is -1.84. The van der Waals surface area contributed by atoms with Gasteiger partial charge in [0, 0.05) is 19.6 Å². The van der Waals surface area contributed by atoms with Crippen LogP contribution in [0.15, 0.2) is 54.6 Å². The number of nitrogens with zero attached hydrogens (tertiary/aromatic N) is 1. The molecule has 0 spiro atoms. The summed E-state index contributed by atoms with van der Waals surface area (Å²) in [7, 11) is 0. The lowest BCUT2D eigenvalue weighted by molar-refractivity contribution is 0.210. The van der Waals surface area contributed by atoms with Crippen molar-refractivity contribution in [2.45, 2.75) is 20.0 Å². The molecule has 2 aromatic rings. The minimum Gasteiger partial charge on any atom is -0.492 e. The van der Waals surface area contributed by atoms with Crippen molar-refractivity contribution in [3.63, 3.8) is 0 Å². The highest BCUT2D eigenvalue weighted by Crippen LogP contribution is 2.13. The highest BCUT2D eigenvalue weighted by Gasteiger charge is 2.04. The van der Waals surface area contributed by atoms with E-state index >= 15 is 0 Å². The first kappa shape index (κ1) is 15.5. The van der Waals surface area contributed by atoms with E-state index in [1.165, 1.54) is 5.56 Å². The van der Waals surface area contributed by atoms with Crippen LogP contribution in [0.3, 0.4) is 0 Å². The molecular weight excluding hydrogens is 260 g/mol. The van der Waals surface area contributed by atoms with E-state index in [0.29, 0.717) is 13.2 Å². The second-order valence-corrected chi connectivity index (χ2v) is 5.05. The fourth-order valence-corrected chi connectivity index (χ4v) is 2.25. The second-order valence-electron chi connectivity index (χ2n) is 5.05. The lowest BCUT2D eigenvalue weighted by atomic mass is 10.2. The zero-order valence-corrected chi connectivity index (χ0v) is 12.7. The summed E-state index contributed by atoms with van der Waals surface area (Å²) in [6, 6.07) is 18.5. The van der Waals surface area contributed by atoms with E-state index in [1.54, 1.807) is 0 Å². The predicted octanol–water partition coefficient (Wildman–Crippen LogP) is 3.05. The van der Waals surface area contributed by atoms with Crippen LogP contribution in [0.1, 0.15) is 18.1 Å².